The average molecular weight is 682 g/mol. The molecule has 0 fully saturated rings. The Bertz CT molecular complexity index is 1640. The number of aliphatic hydroxyl groups excluding tert-OH is 1. The van der Waals surface area contributed by atoms with E-state index in [9.17, 15) is 18.3 Å². The van der Waals surface area contributed by atoms with Crippen LogP contribution in [0, 0.1) is 5.92 Å². The molecular formula is C36H47N3O8S. The Morgan fingerprint density at radius 1 is 1.00 bits per heavy atom. The number of fused-ring (bicyclic) bond motifs is 2. The number of hydrogen-bond acceptors (Lipinski definition) is 9. The lowest BCUT2D eigenvalue weighted by molar-refractivity contribution is -0.0177. The Hall–Kier alpha value is -3.84. The molecule has 2 aliphatic heterocycles. The number of amides is 1. The molecule has 0 spiro atoms. The van der Waals surface area contributed by atoms with Crippen LogP contribution in [0.1, 0.15) is 56.0 Å². The van der Waals surface area contributed by atoms with Gasteiger partial charge >= 0.3 is 0 Å². The topological polar surface area (TPSA) is 127 Å². The van der Waals surface area contributed by atoms with Gasteiger partial charge in [0, 0.05) is 37.8 Å². The first-order valence-electron chi connectivity index (χ1n) is 16.5. The summed E-state index contributed by atoms with van der Waals surface area (Å²) in [5, 5.41) is 10.3. The van der Waals surface area contributed by atoms with E-state index in [0.29, 0.717) is 32.0 Å². The average Bonchev–Trinajstić information content (AvgIpc) is 3.54. The number of anilines is 1. The molecule has 2 N–H and O–H groups in total. The predicted octanol–water partition coefficient (Wildman–Crippen LogP) is 5.14. The van der Waals surface area contributed by atoms with Crippen LogP contribution in [0.25, 0.3) is 0 Å². The molecule has 0 saturated carbocycles. The first kappa shape index (κ1) is 35.5. The quantitative estimate of drug-likeness (QED) is 0.316. The fourth-order valence-corrected chi connectivity index (χ4v) is 7.06. The number of rotatable bonds is 9. The summed E-state index contributed by atoms with van der Waals surface area (Å²) in [6.07, 6.45) is 2.08. The molecule has 4 atom stereocenters. The summed E-state index contributed by atoms with van der Waals surface area (Å²) >= 11 is 0. The van der Waals surface area contributed by atoms with Gasteiger partial charge in [0.05, 0.1) is 35.3 Å². The van der Waals surface area contributed by atoms with Crippen molar-refractivity contribution in [3.05, 3.63) is 77.9 Å². The molecule has 3 aromatic rings. The molecule has 48 heavy (non-hydrogen) atoms. The number of likely N-dealkylation sites (N-methyl/N-ethyl adjacent to an activating group) is 1. The van der Waals surface area contributed by atoms with E-state index in [4.69, 9.17) is 18.9 Å². The lowest BCUT2D eigenvalue weighted by atomic mass is 10.0. The molecule has 11 nitrogen and oxygen atoms in total. The molecule has 0 bridgehead atoms. The number of carbonyl (C=O) groups is 1. The van der Waals surface area contributed by atoms with Gasteiger partial charge in [-0.3, -0.25) is 14.4 Å². The monoisotopic (exact) mass is 681 g/mol. The largest absolute Gasteiger partial charge is 0.490 e. The van der Waals surface area contributed by atoms with E-state index >= 15 is 0 Å². The highest BCUT2D eigenvalue weighted by Crippen LogP contribution is 2.33. The Balaban J connectivity index is 1.40. The minimum atomic E-state index is -3.90. The SMILES string of the molecule is C[C@@H]1CCCCO[C@@H](CN(C)Cc2ccc3c(c2)OCO3)[C@@H](C)CN([C@@H](C)CO)C(=O)c2cc(NS(=O)(=O)c3ccccc3)ccc2O1. The van der Waals surface area contributed by atoms with Crippen molar-refractivity contribution in [2.45, 2.75) is 69.7 Å². The molecule has 2 aliphatic rings. The highest BCUT2D eigenvalue weighted by molar-refractivity contribution is 7.92. The molecule has 0 saturated heterocycles. The lowest BCUT2D eigenvalue weighted by Gasteiger charge is -2.36. The summed E-state index contributed by atoms with van der Waals surface area (Å²) in [5.41, 5.74) is 1.54. The third kappa shape index (κ3) is 8.98. The van der Waals surface area contributed by atoms with E-state index in [1.165, 1.54) is 18.2 Å². The van der Waals surface area contributed by atoms with Crippen LogP contribution in [0.3, 0.4) is 0 Å². The van der Waals surface area contributed by atoms with Crippen LogP contribution in [-0.2, 0) is 21.3 Å². The smallest absolute Gasteiger partial charge is 0.261 e. The molecule has 2 heterocycles. The lowest BCUT2D eigenvalue weighted by Crippen LogP contribution is -2.47. The number of nitrogens with one attached hydrogen (secondary N) is 1. The van der Waals surface area contributed by atoms with E-state index in [1.807, 2.05) is 32.2 Å². The molecule has 3 aromatic carbocycles. The Morgan fingerprint density at radius 2 is 1.75 bits per heavy atom. The maximum absolute atomic E-state index is 14.4. The summed E-state index contributed by atoms with van der Waals surface area (Å²) in [7, 11) is -1.85. The van der Waals surface area contributed by atoms with E-state index in [0.717, 1.165) is 36.3 Å². The number of aliphatic hydroxyl groups is 1. The zero-order valence-electron chi connectivity index (χ0n) is 28.1. The third-order valence-corrected chi connectivity index (χ3v) is 10.1. The minimum absolute atomic E-state index is 0.104. The van der Waals surface area contributed by atoms with Gasteiger partial charge in [0.15, 0.2) is 11.5 Å². The predicted molar refractivity (Wildman–Crippen MR) is 183 cm³/mol. The second-order valence-electron chi connectivity index (χ2n) is 12.8. The summed E-state index contributed by atoms with van der Waals surface area (Å²) in [6.45, 7) is 7.94. The highest BCUT2D eigenvalue weighted by Gasteiger charge is 2.31. The first-order valence-corrected chi connectivity index (χ1v) is 18.0. The number of ether oxygens (including phenoxy) is 4. The minimum Gasteiger partial charge on any atom is -0.490 e. The second kappa shape index (κ2) is 16.0. The molecule has 12 heteroatoms. The summed E-state index contributed by atoms with van der Waals surface area (Å²) < 4.78 is 52.7. The van der Waals surface area contributed by atoms with Crippen LogP contribution in [0.15, 0.2) is 71.6 Å². The van der Waals surface area contributed by atoms with Crippen LogP contribution < -0.4 is 18.9 Å². The van der Waals surface area contributed by atoms with E-state index in [1.54, 1.807) is 42.2 Å². The van der Waals surface area contributed by atoms with Crippen LogP contribution in [0.5, 0.6) is 17.2 Å². The zero-order chi connectivity index (χ0) is 34.3. The maximum atomic E-state index is 14.4. The molecular weight excluding hydrogens is 634 g/mol. The van der Waals surface area contributed by atoms with Gasteiger partial charge < -0.3 is 29.0 Å². The van der Waals surface area contributed by atoms with E-state index < -0.39 is 16.1 Å². The van der Waals surface area contributed by atoms with Crippen molar-refractivity contribution < 1.29 is 37.3 Å². The Morgan fingerprint density at radius 3 is 2.52 bits per heavy atom. The molecule has 0 aromatic heterocycles. The van der Waals surface area contributed by atoms with Gasteiger partial charge in [0.25, 0.3) is 15.9 Å². The number of sulfonamides is 1. The molecule has 1 amide bonds. The Labute approximate surface area is 283 Å². The van der Waals surface area contributed by atoms with Crippen molar-refractivity contribution in [3.8, 4) is 17.2 Å². The Kier molecular flexibility index (Phi) is 11.9. The van der Waals surface area contributed by atoms with Gasteiger partial charge in [-0.15, -0.1) is 0 Å². The second-order valence-corrected chi connectivity index (χ2v) is 14.5. The molecule has 0 aliphatic carbocycles. The van der Waals surface area contributed by atoms with Gasteiger partial charge in [0.1, 0.15) is 5.75 Å². The standard InChI is InChI=1S/C36H47N3O8S/c1-25-20-39(26(2)23-40)36(41)31-19-29(37-48(42,43)30-11-6-5-7-12-30)14-16-32(31)47-27(3)10-8-9-17-44-35(25)22-38(4)21-28-13-15-33-34(18-28)46-24-45-33/h5-7,11-16,18-19,25-27,35,37,40H,8-10,17,20-24H2,1-4H3/t25-,26-,27+,35-/m0/s1. The van der Waals surface area contributed by atoms with Crippen LogP contribution in [0.2, 0.25) is 0 Å². The normalized spacial score (nSPS) is 21.2. The molecule has 0 unspecified atom stereocenters. The third-order valence-electron chi connectivity index (χ3n) is 8.74. The number of carbonyl (C=O) groups excluding carboxylic acids is 1. The van der Waals surface area contributed by atoms with Crippen molar-refractivity contribution in [3.63, 3.8) is 0 Å². The van der Waals surface area contributed by atoms with Gasteiger partial charge in [-0.1, -0.05) is 31.2 Å². The highest BCUT2D eigenvalue weighted by atomic mass is 32.2. The molecule has 0 radical (unpaired) electrons. The van der Waals surface area contributed by atoms with Crippen molar-refractivity contribution in [1.82, 2.24) is 9.80 Å². The summed E-state index contributed by atoms with van der Waals surface area (Å²) in [6, 6.07) is 18.3. The van der Waals surface area contributed by atoms with E-state index in [-0.39, 0.29) is 53.6 Å². The van der Waals surface area contributed by atoms with E-state index in [2.05, 4.69) is 16.5 Å². The zero-order valence-corrected chi connectivity index (χ0v) is 28.9. The fraction of sp³-hybridized carbons (Fsp3) is 0.472. The van der Waals surface area contributed by atoms with Crippen molar-refractivity contribution in [2.24, 2.45) is 5.92 Å². The number of hydrogen-bond donors (Lipinski definition) is 2. The van der Waals surface area contributed by atoms with Crippen LogP contribution >= 0.6 is 0 Å². The number of benzene rings is 3. The van der Waals surface area contributed by atoms with Crippen molar-refractivity contribution >= 4 is 21.6 Å². The van der Waals surface area contributed by atoms with Gasteiger partial charge in [-0.25, -0.2) is 8.42 Å². The molecule has 5 rings (SSSR count). The van der Waals surface area contributed by atoms with Crippen LogP contribution in [0.4, 0.5) is 5.69 Å². The molecule has 260 valence electrons. The summed E-state index contributed by atoms with van der Waals surface area (Å²) in [5.74, 6) is 1.38. The number of nitrogens with zero attached hydrogens (tertiary/aromatic N) is 2. The van der Waals surface area contributed by atoms with Gasteiger partial charge in [-0.05, 0) is 88.2 Å². The van der Waals surface area contributed by atoms with Gasteiger partial charge in [-0.2, -0.15) is 0 Å². The summed E-state index contributed by atoms with van der Waals surface area (Å²) in [4.78, 5) is 18.3. The van der Waals surface area contributed by atoms with Crippen LogP contribution in [-0.4, -0.2) is 87.6 Å². The van der Waals surface area contributed by atoms with Gasteiger partial charge in [0.2, 0.25) is 6.79 Å². The maximum Gasteiger partial charge on any atom is 0.261 e. The first-order chi connectivity index (χ1) is 23.0. The fourth-order valence-electron chi connectivity index (χ4n) is 5.99. The van der Waals surface area contributed by atoms with Crippen molar-refractivity contribution in [1.29, 1.82) is 0 Å². The van der Waals surface area contributed by atoms with Crippen molar-refractivity contribution in [2.75, 3.05) is 44.9 Å².